The standard InChI is InChI=1S/C47H44ClN2S2/c1-3-5-7-9-11-13-15-17-19-25-37-49-41-27-21-23-29-43(41)51-45(49)35-33-39-31-32-40(47(39)48)34-36-46-50(42-28-22-24-30-44(42)52-46)38-26-20-18-16-14-12-10-8-6-4-2/h21-24,27-30,33-37H,1,4,6,8,10,12,14,16,18,20,26,31-32,38H2,2H3/q+1. The molecule has 52 heavy (non-hydrogen) atoms. The Morgan fingerprint density at radius 2 is 1.44 bits per heavy atom. The molecule has 2 nitrogen and oxygen atoms in total. The van der Waals surface area contributed by atoms with Gasteiger partial charge in [-0.15, -0.1) is 4.57 Å². The minimum atomic E-state index is 0.853. The van der Waals surface area contributed by atoms with Crippen molar-refractivity contribution in [3.05, 3.63) is 157 Å². The fourth-order valence-electron chi connectivity index (χ4n) is 6.15. The molecule has 0 radical (unpaired) electrons. The molecule has 1 aromatic heterocycles. The van der Waals surface area contributed by atoms with E-state index < -0.39 is 0 Å². The third kappa shape index (κ3) is 11.4. The monoisotopic (exact) mass is 735 g/mol. The van der Waals surface area contributed by atoms with Crippen LogP contribution in [0.4, 0.5) is 5.69 Å². The SMILES string of the molecule is C=C=C=C=C=C=C=C=C=C=C=C[n+]1c(/C=C/C2=C(Cl)C(=C/C=C3\Sc4ccccc4N3CCCCCCCCCCCC)/CC2)sc2ccccc21. The number of para-hydroxylation sites is 2. The highest BCUT2D eigenvalue weighted by atomic mass is 35.5. The van der Waals surface area contributed by atoms with Crippen molar-refractivity contribution in [2.45, 2.75) is 88.9 Å². The predicted molar refractivity (Wildman–Crippen MR) is 222 cm³/mol. The van der Waals surface area contributed by atoms with Crippen molar-refractivity contribution in [3.8, 4) is 0 Å². The lowest BCUT2D eigenvalue weighted by atomic mass is 10.1. The average Bonchev–Trinajstić information content (AvgIpc) is 3.83. The summed E-state index contributed by atoms with van der Waals surface area (Å²) in [6, 6.07) is 17.1. The highest BCUT2D eigenvalue weighted by molar-refractivity contribution is 8.03. The number of benzene rings is 2. The van der Waals surface area contributed by atoms with Gasteiger partial charge in [0.05, 0.1) is 10.7 Å². The van der Waals surface area contributed by atoms with Crippen LogP contribution >= 0.6 is 34.7 Å². The van der Waals surface area contributed by atoms with Gasteiger partial charge in [0.2, 0.25) is 11.7 Å². The van der Waals surface area contributed by atoms with Crippen molar-refractivity contribution in [1.82, 2.24) is 0 Å². The van der Waals surface area contributed by atoms with Crippen molar-refractivity contribution in [2.75, 3.05) is 11.4 Å². The second-order valence-corrected chi connectivity index (χ2v) is 15.0. The Bertz CT molecular complexity index is 2270. The quantitative estimate of drug-likeness (QED) is 0.0871. The Kier molecular flexibility index (Phi) is 16.0. The van der Waals surface area contributed by atoms with Crippen molar-refractivity contribution in [3.63, 3.8) is 0 Å². The molecule has 260 valence electrons. The Morgan fingerprint density at radius 1 is 0.769 bits per heavy atom. The van der Waals surface area contributed by atoms with E-state index in [4.69, 9.17) is 11.6 Å². The molecule has 2 heterocycles. The average molecular weight is 736 g/mol. The molecule has 3 aromatic rings. The number of hydrogen-bond donors (Lipinski definition) is 0. The molecule has 0 saturated carbocycles. The fourth-order valence-corrected chi connectivity index (χ4v) is 8.59. The third-order valence-electron chi connectivity index (χ3n) is 8.82. The second-order valence-electron chi connectivity index (χ2n) is 12.5. The minimum Gasteiger partial charge on any atom is -0.335 e. The number of anilines is 1. The maximum absolute atomic E-state index is 7.03. The lowest BCUT2D eigenvalue weighted by Crippen LogP contribution is -2.26. The van der Waals surface area contributed by atoms with Crippen LogP contribution in [0, 0.1) is 0 Å². The molecule has 1 aliphatic heterocycles. The van der Waals surface area contributed by atoms with Gasteiger partial charge in [0, 0.05) is 34.3 Å². The van der Waals surface area contributed by atoms with Crippen molar-refractivity contribution in [2.24, 2.45) is 0 Å². The van der Waals surface area contributed by atoms with E-state index in [2.05, 4.69) is 147 Å². The number of halogens is 1. The topological polar surface area (TPSA) is 7.12 Å². The third-order valence-corrected chi connectivity index (χ3v) is 11.5. The van der Waals surface area contributed by atoms with Crippen LogP contribution in [0.3, 0.4) is 0 Å². The van der Waals surface area contributed by atoms with Gasteiger partial charge in [-0.2, -0.15) is 0 Å². The number of thiazole rings is 1. The molecule has 0 fully saturated rings. The molecule has 5 rings (SSSR count). The Labute approximate surface area is 322 Å². The predicted octanol–water partition coefficient (Wildman–Crippen LogP) is 13.4. The van der Waals surface area contributed by atoms with Crippen molar-refractivity contribution in [1.29, 1.82) is 0 Å². The Hall–Kier alpha value is -4.73. The molecule has 0 saturated heterocycles. The number of hydrogen-bond acceptors (Lipinski definition) is 3. The van der Waals surface area contributed by atoms with Gasteiger partial charge in [-0.3, -0.25) is 0 Å². The summed E-state index contributed by atoms with van der Waals surface area (Å²) in [5, 5.41) is 3.20. The normalized spacial score (nSPS) is 14.5. The Balaban J connectivity index is 1.28. The largest absolute Gasteiger partial charge is 0.335 e. The summed E-state index contributed by atoms with van der Waals surface area (Å²) >= 11 is 10.6. The van der Waals surface area contributed by atoms with Crippen LogP contribution in [0.5, 0.6) is 0 Å². The van der Waals surface area contributed by atoms with Crippen LogP contribution in [-0.4, -0.2) is 6.54 Å². The van der Waals surface area contributed by atoms with E-state index in [1.54, 1.807) is 11.3 Å². The maximum atomic E-state index is 7.03. The lowest BCUT2D eigenvalue weighted by Gasteiger charge is -2.20. The number of unbranched alkanes of at least 4 members (excludes halogenated alkanes) is 9. The highest BCUT2D eigenvalue weighted by Crippen LogP contribution is 2.46. The number of fused-ring (bicyclic) bond motifs is 2. The van der Waals surface area contributed by atoms with Crippen LogP contribution in [0.2, 0.25) is 0 Å². The number of allylic oxidation sites excluding steroid dienone is 6. The number of nitrogens with zero attached hydrogens (tertiary/aromatic N) is 2. The van der Waals surface area contributed by atoms with Crippen LogP contribution in [0.1, 0.15) is 89.0 Å². The second kappa shape index (κ2) is 21.6. The van der Waals surface area contributed by atoms with E-state index in [9.17, 15) is 0 Å². The summed E-state index contributed by atoms with van der Waals surface area (Å²) in [6.45, 7) is 6.73. The van der Waals surface area contributed by atoms with Gasteiger partial charge in [-0.05, 0) is 113 Å². The fraction of sp³-hybridized carbons (Fsp3) is 0.298. The molecule has 0 bridgehead atoms. The van der Waals surface area contributed by atoms with Gasteiger partial charge >= 0.3 is 0 Å². The maximum Gasteiger partial charge on any atom is 0.268 e. The summed E-state index contributed by atoms with van der Waals surface area (Å²) in [5.41, 5.74) is 31.6. The van der Waals surface area contributed by atoms with Crippen LogP contribution in [0.15, 0.2) is 157 Å². The molecule has 0 spiro atoms. The smallest absolute Gasteiger partial charge is 0.268 e. The lowest BCUT2D eigenvalue weighted by molar-refractivity contribution is -0.535. The molecular weight excluding hydrogens is 692 g/mol. The van der Waals surface area contributed by atoms with Gasteiger partial charge < -0.3 is 4.90 Å². The summed E-state index contributed by atoms with van der Waals surface area (Å²) in [4.78, 5) is 3.83. The molecular formula is C47H44ClN2S2+. The molecule has 2 aliphatic rings. The molecule has 1 aliphatic carbocycles. The molecule has 0 unspecified atom stereocenters. The molecule has 0 atom stereocenters. The number of rotatable bonds is 15. The number of thioether (sulfide) groups is 1. The molecule has 0 amide bonds. The Morgan fingerprint density at radius 3 is 2.21 bits per heavy atom. The van der Waals surface area contributed by atoms with E-state index in [0.29, 0.717) is 0 Å². The van der Waals surface area contributed by atoms with Crippen molar-refractivity contribution >= 4 is 62.9 Å². The van der Waals surface area contributed by atoms with Gasteiger partial charge in [-0.1, -0.05) is 135 Å². The summed E-state index contributed by atoms with van der Waals surface area (Å²) in [6.07, 6.45) is 26.0. The van der Waals surface area contributed by atoms with E-state index >= 15 is 0 Å². The minimum absolute atomic E-state index is 0.853. The van der Waals surface area contributed by atoms with Crippen LogP contribution in [-0.2, 0) is 0 Å². The zero-order chi connectivity index (χ0) is 36.2. The zero-order valence-corrected chi connectivity index (χ0v) is 32.4. The first kappa shape index (κ1) is 38.5. The molecule has 0 N–H and O–H groups in total. The summed E-state index contributed by atoms with van der Waals surface area (Å²) in [5.74, 6) is 0. The van der Waals surface area contributed by atoms with Gasteiger partial charge in [0.1, 0.15) is 4.70 Å². The van der Waals surface area contributed by atoms with Crippen molar-refractivity contribution < 1.29 is 4.57 Å². The zero-order valence-electron chi connectivity index (χ0n) is 30.0. The summed E-state index contributed by atoms with van der Waals surface area (Å²) in [7, 11) is 0. The van der Waals surface area contributed by atoms with E-state index in [-0.39, 0.29) is 0 Å². The highest BCUT2D eigenvalue weighted by Gasteiger charge is 2.24. The van der Waals surface area contributed by atoms with E-state index in [1.165, 1.54) is 90.1 Å². The molecule has 2 aromatic carbocycles. The van der Waals surface area contributed by atoms with Gasteiger partial charge in [0.15, 0.2) is 0 Å². The summed E-state index contributed by atoms with van der Waals surface area (Å²) < 4.78 is 3.28. The number of aromatic nitrogens is 1. The first-order valence-corrected chi connectivity index (χ1v) is 20.3. The first-order chi connectivity index (χ1) is 25.7. The van der Waals surface area contributed by atoms with E-state index in [0.717, 1.165) is 40.5 Å². The van der Waals surface area contributed by atoms with Gasteiger partial charge in [-0.25, -0.2) is 0 Å². The van der Waals surface area contributed by atoms with Gasteiger partial charge in [0.25, 0.3) is 5.01 Å². The van der Waals surface area contributed by atoms with Crippen LogP contribution in [0.25, 0.3) is 22.5 Å². The first-order valence-electron chi connectivity index (χ1n) is 18.3. The van der Waals surface area contributed by atoms with E-state index in [1.807, 2.05) is 24.0 Å². The van der Waals surface area contributed by atoms with Crippen LogP contribution < -0.4 is 9.47 Å². The molecule has 5 heteroatoms.